The predicted octanol–water partition coefficient (Wildman–Crippen LogP) is 4.99. The van der Waals surface area contributed by atoms with Crippen molar-refractivity contribution in [1.82, 2.24) is 19.7 Å². The van der Waals surface area contributed by atoms with E-state index in [-0.39, 0.29) is 11.2 Å². The second-order valence-electron chi connectivity index (χ2n) is 7.22. The molecule has 0 fully saturated rings. The molecule has 1 amide bonds. The number of pyridine rings is 1. The summed E-state index contributed by atoms with van der Waals surface area (Å²) in [6.07, 6.45) is 4.44. The maximum atomic E-state index is 12.7. The van der Waals surface area contributed by atoms with Crippen LogP contribution in [0.5, 0.6) is 0 Å². The lowest BCUT2D eigenvalue weighted by Gasteiger charge is -2.14. The standard InChI is InChI=1S/C22H27N5OS/c1-5-14-27-20(18-10-12-23-13-11-18)25-26-22(27)29-16(4)21(28)24-19-8-6-17(7-9-19)15(2)3/h6-13,15-16H,5,14H2,1-4H3,(H,24,28)/t16-/m0/s1. The van der Waals surface area contributed by atoms with Crippen LogP contribution in [0, 0.1) is 0 Å². The molecule has 0 aliphatic carbocycles. The van der Waals surface area contributed by atoms with Crippen molar-refractivity contribution in [2.24, 2.45) is 0 Å². The Morgan fingerprint density at radius 1 is 1.07 bits per heavy atom. The number of aromatic nitrogens is 4. The van der Waals surface area contributed by atoms with Gasteiger partial charge in [0, 0.05) is 30.2 Å². The van der Waals surface area contributed by atoms with Gasteiger partial charge in [0.2, 0.25) is 5.91 Å². The molecular weight excluding hydrogens is 382 g/mol. The van der Waals surface area contributed by atoms with E-state index in [1.165, 1.54) is 17.3 Å². The summed E-state index contributed by atoms with van der Waals surface area (Å²) in [4.78, 5) is 16.7. The molecule has 0 bridgehead atoms. The number of nitrogens with zero attached hydrogens (tertiary/aromatic N) is 4. The Hall–Kier alpha value is -2.67. The fraction of sp³-hybridized carbons (Fsp3) is 0.364. The SMILES string of the molecule is CCCn1c(S[C@@H](C)C(=O)Nc2ccc(C(C)C)cc2)nnc1-c1ccncc1. The molecule has 7 heteroatoms. The fourth-order valence-electron chi connectivity index (χ4n) is 2.92. The smallest absolute Gasteiger partial charge is 0.237 e. The number of carbonyl (C=O) groups is 1. The van der Waals surface area contributed by atoms with Crippen LogP contribution in [0.4, 0.5) is 5.69 Å². The van der Waals surface area contributed by atoms with Gasteiger partial charge in [-0.15, -0.1) is 10.2 Å². The number of nitrogens with one attached hydrogen (secondary N) is 1. The molecule has 1 N–H and O–H groups in total. The molecule has 3 rings (SSSR count). The largest absolute Gasteiger partial charge is 0.325 e. The second-order valence-corrected chi connectivity index (χ2v) is 8.53. The lowest BCUT2D eigenvalue weighted by atomic mass is 10.0. The lowest BCUT2D eigenvalue weighted by molar-refractivity contribution is -0.115. The van der Waals surface area contributed by atoms with Crippen LogP contribution in [0.1, 0.15) is 45.6 Å². The Morgan fingerprint density at radius 3 is 2.38 bits per heavy atom. The van der Waals surface area contributed by atoms with Crippen LogP contribution < -0.4 is 5.32 Å². The van der Waals surface area contributed by atoms with E-state index in [0.29, 0.717) is 5.92 Å². The van der Waals surface area contributed by atoms with Crippen molar-refractivity contribution in [1.29, 1.82) is 0 Å². The first-order valence-corrected chi connectivity index (χ1v) is 10.8. The van der Waals surface area contributed by atoms with Gasteiger partial charge in [0.15, 0.2) is 11.0 Å². The van der Waals surface area contributed by atoms with Crippen LogP contribution in [-0.2, 0) is 11.3 Å². The third kappa shape index (κ3) is 5.23. The molecule has 0 aliphatic heterocycles. The van der Waals surface area contributed by atoms with Crippen molar-refractivity contribution >= 4 is 23.4 Å². The minimum absolute atomic E-state index is 0.0520. The van der Waals surface area contributed by atoms with E-state index in [1.54, 1.807) is 12.4 Å². The Bertz CT molecular complexity index is 938. The van der Waals surface area contributed by atoms with Gasteiger partial charge < -0.3 is 9.88 Å². The zero-order valence-electron chi connectivity index (χ0n) is 17.3. The van der Waals surface area contributed by atoms with Gasteiger partial charge in [-0.1, -0.05) is 44.7 Å². The van der Waals surface area contributed by atoms with Gasteiger partial charge in [-0.3, -0.25) is 9.78 Å². The van der Waals surface area contributed by atoms with E-state index < -0.39 is 0 Å². The van der Waals surface area contributed by atoms with E-state index >= 15 is 0 Å². The lowest BCUT2D eigenvalue weighted by Crippen LogP contribution is -2.23. The highest BCUT2D eigenvalue weighted by atomic mass is 32.2. The van der Waals surface area contributed by atoms with E-state index in [0.717, 1.165) is 35.2 Å². The number of hydrogen-bond acceptors (Lipinski definition) is 5. The fourth-order valence-corrected chi connectivity index (χ4v) is 3.80. The number of hydrogen-bond donors (Lipinski definition) is 1. The van der Waals surface area contributed by atoms with E-state index in [1.807, 2.05) is 31.2 Å². The number of rotatable bonds is 8. The molecule has 0 saturated carbocycles. The number of anilines is 1. The molecule has 0 spiro atoms. The van der Waals surface area contributed by atoms with Crippen molar-refractivity contribution in [3.8, 4) is 11.4 Å². The molecule has 1 atom stereocenters. The van der Waals surface area contributed by atoms with Gasteiger partial charge in [0.05, 0.1) is 5.25 Å². The summed E-state index contributed by atoms with van der Waals surface area (Å²) in [5.74, 6) is 1.21. The molecule has 29 heavy (non-hydrogen) atoms. The highest BCUT2D eigenvalue weighted by Gasteiger charge is 2.20. The van der Waals surface area contributed by atoms with Crippen LogP contribution in [-0.4, -0.2) is 30.9 Å². The van der Waals surface area contributed by atoms with Crippen molar-refractivity contribution in [3.05, 3.63) is 54.4 Å². The molecule has 3 aromatic rings. The topological polar surface area (TPSA) is 72.7 Å². The van der Waals surface area contributed by atoms with Crippen molar-refractivity contribution < 1.29 is 4.79 Å². The first-order chi connectivity index (χ1) is 14.0. The highest BCUT2D eigenvalue weighted by Crippen LogP contribution is 2.27. The summed E-state index contributed by atoms with van der Waals surface area (Å²) >= 11 is 1.42. The zero-order valence-corrected chi connectivity index (χ0v) is 18.1. The average molecular weight is 410 g/mol. The summed E-state index contributed by atoms with van der Waals surface area (Å²) in [5.41, 5.74) is 3.02. The maximum absolute atomic E-state index is 12.7. The summed E-state index contributed by atoms with van der Waals surface area (Å²) < 4.78 is 2.07. The molecule has 0 aliphatic rings. The van der Waals surface area contributed by atoms with Crippen LogP contribution in [0.15, 0.2) is 53.9 Å². The summed E-state index contributed by atoms with van der Waals surface area (Å²) in [6, 6.07) is 11.8. The molecule has 1 aromatic carbocycles. The number of amides is 1. The van der Waals surface area contributed by atoms with Crippen LogP contribution >= 0.6 is 11.8 Å². The van der Waals surface area contributed by atoms with Gasteiger partial charge in [0.25, 0.3) is 0 Å². The minimum Gasteiger partial charge on any atom is -0.325 e. The van der Waals surface area contributed by atoms with Crippen LogP contribution in [0.25, 0.3) is 11.4 Å². The molecule has 0 unspecified atom stereocenters. The normalized spacial score (nSPS) is 12.2. The Kier molecular flexibility index (Phi) is 7.04. The molecule has 0 saturated heterocycles. The number of carbonyl (C=O) groups excluding carboxylic acids is 1. The van der Waals surface area contributed by atoms with Crippen LogP contribution in [0.3, 0.4) is 0 Å². The quantitative estimate of drug-likeness (QED) is 0.531. The Balaban J connectivity index is 1.71. The van der Waals surface area contributed by atoms with Gasteiger partial charge in [0.1, 0.15) is 0 Å². The minimum atomic E-state index is -0.301. The number of thioether (sulfide) groups is 1. The van der Waals surface area contributed by atoms with Gasteiger partial charge in [-0.25, -0.2) is 0 Å². The zero-order chi connectivity index (χ0) is 20.8. The monoisotopic (exact) mass is 409 g/mol. The first kappa shape index (κ1) is 21.0. The Labute approximate surface area is 176 Å². The molecule has 6 nitrogen and oxygen atoms in total. The molecule has 2 aromatic heterocycles. The van der Waals surface area contributed by atoms with Crippen molar-refractivity contribution in [2.45, 2.75) is 57.0 Å². The van der Waals surface area contributed by atoms with Gasteiger partial charge >= 0.3 is 0 Å². The summed E-state index contributed by atoms with van der Waals surface area (Å²) in [7, 11) is 0. The second kappa shape index (κ2) is 9.69. The van der Waals surface area contributed by atoms with Gasteiger partial charge in [-0.05, 0) is 49.1 Å². The number of benzene rings is 1. The van der Waals surface area contributed by atoms with Crippen molar-refractivity contribution in [2.75, 3.05) is 5.32 Å². The molecule has 0 radical (unpaired) electrons. The van der Waals surface area contributed by atoms with Gasteiger partial charge in [-0.2, -0.15) is 0 Å². The Morgan fingerprint density at radius 2 is 1.76 bits per heavy atom. The molecular formula is C22H27N5OS. The summed E-state index contributed by atoms with van der Waals surface area (Å²) in [5, 5.41) is 12.1. The highest BCUT2D eigenvalue weighted by molar-refractivity contribution is 8.00. The average Bonchev–Trinajstić information content (AvgIpc) is 3.11. The molecule has 2 heterocycles. The first-order valence-electron chi connectivity index (χ1n) is 9.90. The predicted molar refractivity (Wildman–Crippen MR) is 118 cm³/mol. The third-order valence-electron chi connectivity index (χ3n) is 4.60. The van der Waals surface area contributed by atoms with E-state index in [9.17, 15) is 4.79 Å². The van der Waals surface area contributed by atoms with Crippen molar-refractivity contribution in [3.63, 3.8) is 0 Å². The third-order valence-corrected chi connectivity index (χ3v) is 5.68. The van der Waals surface area contributed by atoms with E-state index in [4.69, 9.17) is 0 Å². The summed E-state index contributed by atoms with van der Waals surface area (Å²) in [6.45, 7) is 9.09. The maximum Gasteiger partial charge on any atom is 0.237 e. The van der Waals surface area contributed by atoms with E-state index in [2.05, 4.69) is 58.0 Å². The molecule has 152 valence electrons. The van der Waals surface area contributed by atoms with Crippen LogP contribution in [0.2, 0.25) is 0 Å².